The summed E-state index contributed by atoms with van der Waals surface area (Å²) in [5.74, 6) is 0.357. The number of benzene rings is 1. The number of aromatic nitrogens is 3. The van der Waals surface area contributed by atoms with Crippen LogP contribution in [0.3, 0.4) is 0 Å². The molecule has 2 aromatic heterocycles. The first-order valence-corrected chi connectivity index (χ1v) is 10.8. The van der Waals surface area contributed by atoms with E-state index in [1.807, 2.05) is 43.1 Å². The smallest absolute Gasteiger partial charge is 0.417 e. The number of likely N-dealkylation sites (tertiary alicyclic amines) is 1. The molecule has 3 atom stereocenters. The fourth-order valence-corrected chi connectivity index (χ4v) is 5.06. The molecule has 3 aromatic rings. The van der Waals surface area contributed by atoms with Crippen molar-refractivity contribution in [2.24, 2.45) is 13.0 Å². The van der Waals surface area contributed by atoms with Crippen LogP contribution < -0.4 is 4.74 Å². The van der Waals surface area contributed by atoms with Crippen molar-refractivity contribution < 1.29 is 22.7 Å². The number of pyridine rings is 1. The van der Waals surface area contributed by atoms with Crippen molar-refractivity contribution in [1.82, 2.24) is 19.7 Å². The molecule has 1 aromatic carbocycles. The molecule has 172 valence electrons. The van der Waals surface area contributed by atoms with Gasteiger partial charge in [0, 0.05) is 37.0 Å². The Morgan fingerprint density at radius 2 is 1.91 bits per heavy atom. The van der Waals surface area contributed by atoms with Crippen molar-refractivity contribution in [3.63, 3.8) is 0 Å². The molecule has 6 nitrogen and oxygen atoms in total. The molecular weight excluding hydrogens is 433 g/mol. The molecule has 0 spiro atoms. The summed E-state index contributed by atoms with van der Waals surface area (Å²) in [5.41, 5.74) is 2.48. The number of fused-ring (bicyclic) bond motifs is 2. The van der Waals surface area contributed by atoms with Gasteiger partial charge >= 0.3 is 6.18 Å². The summed E-state index contributed by atoms with van der Waals surface area (Å²) in [4.78, 5) is 19.3. The zero-order valence-corrected chi connectivity index (χ0v) is 18.2. The van der Waals surface area contributed by atoms with Crippen LogP contribution in [0.1, 0.15) is 34.3 Å². The molecule has 0 N–H and O–H groups in total. The number of halogens is 3. The van der Waals surface area contributed by atoms with Crippen LogP contribution in [0.4, 0.5) is 13.2 Å². The quantitative estimate of drug-likeness (QED) is 0.581. The lowest BCUT2D eigenvalue weighted by Crippen LogP contribution is -2.47. The molecule has 33 heavy (non-hydrogen) atoms. The van der Waals surface area contributed by atoms with Crippen LogP contribution in [-0.4, -0.2) is 44.3 Å². The minimum atomic E-state index is -4.44. The second-order valence-electron chi connectivity index (χ2n) is 8.75. The summed E-state index contributed by atoms with van der Waals surface area (Å²) in [6.45, 7) is 2.60. The minimum Gasteiger partial charge on any atom is -0.472 e. The molecule has 3 heterocycles. The van der Waals surface area contributed by atoms with Gasteiger partial charge in [0.05, 0.1) is 23.5 Å². The summed E-state index contributed by atoms with van der Waals surface area (Å²) in [6, 6.07) is 9.54. The number of amides is 1. The van der Waals surface area contributed by atoms with E-state index in [2.05, 4.69) is 10.1 Å². The van der Waals surface area contributed by atoms with Gasteiger partial charge in [-0.3, -0.25) is 9.48 Å². The highest BCUT2D eigenvalue weighted by molar-refractivity contribution is 6.01. The third-order valence-corrected chi connectivity index (χ3v) is 6.56. The summed E-state index contributed by atoms with van der Waals surface area (Å²) >= 11 is 0. The van der Waals surface area contributed by atoms with Gasteiger partial charge in [0.1, 0.15) is 6.10 Å². The van der Waals surface area contributed by atoms with Gasteiger partial charge < -0.3 is 9.64 Å². The Morgan fingerprint density at radius 1 is 1.12 bits per heavy atom. The number of hydrogen-bond donors (Lipinski definition) is 0. The Labute approximate surface area is 189 Å². The van der Waals surface area contributed by atoms with Gasteiger partial charge in [-0.05, 0) is 43.4 Å². The maximum Gasteiger partial charge on any atom is 0.417 e. The van der Waals surface area contributed by atoms with Crippen molar-refractivity contribution in [2.45, 2.75) is 38.1 Å². The first-order valence-electron chi connectivity index (χ1n) is 10.8. The third kappa shape index (κ3) is 3.85. The molecule has 1 amide bonds. The Bertz CT molecular complexity index is 1170. The third-order valence-electron chi connectivity index (χ3n) is 6.56. The van der Waals surface area contributed by atoms with Gasteiger partial charge in [0.2, 0.25) is 5.88 Å². The molecular formula is C24H23F3N4O2. The van der Waals surface area contributed by atoms with Crippen molar-refractivity contribution in [2.75, 3.05) is 6.54 Å². The van der Waals surface area contributed by atoms with Crippen molar-refractivity contribution in [3.05, 3.63) is 65.5 Å². The summed E-state index contributed by atoms with van der Waals surface area (Å²) in [6.07, 6.45) is -0.639. The van der Waals surface area contributed by atoms with Crippen LogP contribution in [0.5, 0.6) is 5.88 Å². The lowest BCUT2D eigenvalue weighted by molar-refractivity contribution is -0.137. The van der Waals surface area contributed by atoms with Gasteiger partial charge in [-0.1, -0.05) is 18.2 Å². The molecule has 1 aliphatic heterocycles. The van der Waals surface area contributed by atoms with Crippen molar-refractivity contribution in [3.8, 4) is 17.1 Å². The average Bonchev–Trinajstić information content (AvgIpc) is 3.47. The molecule has 5 rings (SSSR count). The van der Waals surface area contributed by atoms with Crippen LogP contribution in [0.15, 0.2) is 48.8 Å². The zero-order chi connectivity index (χ0) is 23.3. The summed E-state index contributed by atoms with van der Waals surface area (Å²) < 4.78 is 46.1. The van der Waals surface area contributed by atoms with Gasteiger partial charge in [0.15, 0.2) is 0 Å². The van der Waals surface area contributed by atoms with Crippen LogP contribution in [0, 0.1) is 12.8 Å². The number of alkyl halides is 3. The monoisotopic (exact) mass is 456 g/mol. The van der Waals surface area contributed by atoms with Crippen LogP contribution >= 0.6 is 0 Å². The highest BCUT2D eigenvalue weighted by atomic mass is 19.4. The van der Waals surface area contributed by atoms with Gasteiger partial charge in [-0.2, -0.15) is 18.3 Å². The normalized spacial score (nSPS) is 22.1. The first kappa shape index (κ1) is 21.5. The summed E-state index contributed by atoms with van der Waals surface area (Å²) in [5, 5.41) is 4.30. The lowest BCUT2D eigenvalue weighted by Gasteiger charge is -2.33. The second-order valence-corrected chi connectivity index (χ2v) is 8.75. The van der Waals surface area contributed by atoms with Crippen molar-refractivity contribution in [1.29, 1.82) is 0 Å². The highest BCUT2D eigenvalue weighted by Crippen LogP contribution is 2.41. The van der Waals surface area contributed by atoms with E-state index in [0.29, 0.717) is 18.0 Å². The maximum atomic E-state index is 13.6. The number of hydrogen-bond acceptors (Lipinski definition) is 4. The Balaban J connectivity index is 1.37. The molecule has 2 fully saturated rings. The van der Waals surface area contributed by atoms with E-state index < -0.39 is 11.7 Å². The van der Waals surface area contributed by atoms with Crippen LogP contribution in [-0.2, 0) is 13.2 Å². The maximum absolute atomic E-state index is 13.6. The number of nitrogens with zero attached hydrogens (tertiary/aromatic N) is 4. The number of carbonyl (C=O) groups excluding carboxylic acids is 1. The molecule has 2 bridgehead atoms. The second kappa shape index (κ2) is 7.90. The lowest BCUT2D eigenvalue weighted by atomic mass is 9.99. The molecule has 1 saturated heterocycles. The van der Waals surface area contributed by atoms with Crippen molar-refractivity contribution >= 4 is 5.91 Å². The zero-order valence-electron chi connectivity index (χ0n) is 18.2. The average molecular weight is 456 g/mol. The summed E-state index contributed by atoms with van der Waals surface area (Å²) in [7, 11) is 1.85. The van der Waals surface area contributed by atoms with Crippen LogP contribution in [0.2, 0.25) is 0 Å². The Kier molecular flexibility index (Phi) is 5.14. The number of carbonyl (C=O) groups is 1. The van der Waals surface area contributed by atoms with E-state index >= 15 is 0 Å². The number of piperidine rings is 1. The molecule has 1 saturated carbocycles. The Hall–Kier alpha value is -3.36. The van der Waals surface area contributed by atoms with Gasteiger partial charge in [0.25, 0.3) is 5.91 Å². The predicted molar refractivity (Wildman–Crippen MR) is 115 cm³/mol. The first-order chi connectivity index (χ1) is 15.7. The largest absolute Gasteiger partial charge is 0.472 e. The predicted octanol–water partition coefficient (Wildman–Crippen LogP) is 4.49. The standard InChI is InChI=1S/C24H23F3N4O2/c1-14-11-29-30(2)22(14)17-5-3-4-6-18(17)23(32)31-13-15-9-19(31)20(10-15)33-21-8-7-16(12-28-21)24(25,26)27/h3-8,11-12,15,19-20H,9-10,13H2,1-2H3. The van der Waals surface area contributed by atoms with E-state index in [4.69, 9.17) is 4.74 Å². The number of ether oxygens (including phenoxy) is 1. The Morgan fingerprint density at radius 3 is 2.55 bits per heavy atom. The molecule has 0 radical (unpaired) electrons. The highest BCUT2D eigenvalue weighted by Gasteiger charge is 2.48. The molecule has 9 heteroatoms. The minimum absolute atomic E-state index is 0.0765. The van der Waals surface area contributed by atoms with Crippen LogP contribution in [0.25, 0.3) is 11.3 Å². The molecule has 3 unspecified atom stereocenters. The fourth-order valence-electron chi connectivity index (χ4n) is 5.06. The van der Waals surface area contributed by atoms with E-state index in [0.717, 1.165) is 41.9 Å². The van der Waals surface area contributed by atoms with E-state index in [1.54, 1.807) is 10.9 Å². The topological polar surface area (TPSA) is 60.2 Å². The SMILES string of the molecule is Cc1cnn(C)c1-c1ccccc1C(=O)N1CC2CC(Oc3ccc(C(F)(F)F)cn3)C1C2. The van der Waals surface area contributed by atoms with Gasteiger partial charge in [-0.25, -0.2) is 4.98 Å². The molecule has 2 aliphatic rings. The van der Waals surface area contributed by atoms with Gasteiger partial charge in [-0.15, -0.1) is 0 Å². The van der Waals surface area contributed by atoms with E-state index in [-0.39, 0.29) is 23.9 Å². The number of aryl methyl sites for hydroxylation is 2. The number of rotatable bonds is 4. The fraction of sp³-hybridized carbons (Fsp3) is 0.375. The molecule has 1 aliphatic carbocycles. The van der Waals surface area contributed by atoms with E-state index in [9.17, 15) is 18.0 Å². The van der Waals surface area contributed by atoms with E-state index in [1.165, 1.54) is 6.07 Å².